The number of halogens is 3. The van der Waals surface area contributed by atoms with Crippen molar-refractivity contribution >= 4 is 0 Å². The Labute approximate surface area is 135 Å². The predicted molar refractivity (Wildman–Crippen MR) is 82.4 cm³/mol. The first-order chi connectivity index (χ1) is 10.8. The van der Waals surface area contributed by atoms with E-state index in [0.717, 1.165) is 37.8 Å². The van der Waals surface area contributed by atoms with Crippen molar-refractivity contribution in [3.05, 3.63) is 29.8 Å². The van der Waals surface area contributed by atoms with Crippen LogP contribution in [0.2, 0.25) is 0 Å². The lowest BCUT2D eigenvalue weighted by atomic mass is 9.92. The monoisotopic (exact) mass is 331 g/mol. The van der Waals surface area contributed by atoms with Gasteiger partial charge in [-0.15, -0.1) is 0 Å². The first-order valence-electron chi connectivity index (χ1n) is 7.97. The van der Waals surface area contributed by atoms with Crippen LogP contribution in [-0.2, 0) is 6.54 Å². The first-order valence-corrected chi connectivity index (χ1v) is 7.97. The number of alkyl halides is 3. The van der Waals surface area contributed by atoms with Crippen LogP contribution in [0.15, 0.2) is 24.3 Å². The molecule has 1 N–H and O–H groups in total. The molecule has 1 aliphatic rings. The Balaban J connectivity index is 2.07. The summed E-state index contributed by atoms with van der Waals surface area (Å²) in [7, 11) is 0. The van der Waals surface area contributed by atoms with E-state index in [-0.39, 0.29) is 12.1 Å². The molecule has 1 aromatic rings. The molecule has 1 fully saturated rings. The topological polar surface area (TPSA) is 32.7 Å². The number of ether oxygens (including phenoxy) is 1. The fourth-order valence-corrected chi connectivity index (χ4v) is 3.23. The number of hydrogen-bond donors (Lipinski definition) is 1. The number of aliphatic hydroxyl groups excluding tert-OH is 1. The van der Waals surface area contributed by atoms with E-state index in [4.69, 9.17) is 9.84 Å². The van der Waals surface area contributed by atoms with Crippen LogP contribution < -0.4 is 4.74 Å². The average Bonchev–Trinajstić information content (AvgIpc) is 2.85. The third-order valence-corrected chi connectivity index (χ3v) is 4.51. The van der Waals surface area contributed by atoms with Crippen molar-refractivity contribution in [3.8, 4) is 5.75 Å². The first kappa shape index (κ1) is 18.1. The largest absolute Gasteiger partial charge is 0.484 e. The summed E-state index contributed by atoms with van der Waals surface area (Å²) in [6.07, 6.45) is -0.614. The standard InChI is InChI=1S/C17H24F3NO2/c1-16(9-5-11-22)8-4-10-21(16)12-14-6-2-3-7-15(14)23-13-17(18,19)20/h2-3,6-7,22H,4-5,8-13H2,1H3. The zero-order valence-electron chi connectivity index (χ0n) is 13.4. The fourth-order valence-electron chi connectivity index (χ4n) is 3.23. The van der Waals surface area contributed by atoms with Crippen LogP contribution in [0.5, 0.6) is 5.75 Å². The van der Waals surface area contributed by atoms with Crippen LogP contribution in [0.25, 0.3) is 0 Å². The van der Waals surface area contributed by atoms with Crippen LogP contribution in [0.1, 0.15) is 38.2 Å². The number of hydrogen-bond acceptors (Lipinski definition) is 3. The van der Waals surface area contributed by atoms with Gasteiger partial charge in [-0.1, -0.05) is 18.2 Å². The Bertz CT molecular complexity index is 507. The Morgan fingerprint density at radius 3 is 2.74 bits per heavy atom. The zero-order valence-corrected chi connectivity index (χ0v) is 13.4. The van der Waals surface area contributed by atoms with E-state index in [2.05, 4.69) is 11.8 Å². The fraction of sp³-hybridized carbons (Fsp3) is 0.647. The third-order valence-electron chi connectivity index (χ3n) is 4.51. The van der Waals surface area contributed by atoms with Crippen LogP contribution >= 0.6 is 0 Å². The predicted octanol–water partition coefficient (Wildman–Crippen LogP) is 3.75. The van der Waals surface area contributed by atoms with Gasteiger partial charge < -0.3 is 9.84 Å². The lowest BCUT2D eigenvalue weighted by molar-refractivity contribution is -0.153. The molecule has 6 heteroatoms. The van der Waals surface area contributed by atoms with Crippen molar-refractivity contribution in [2.24, 2.45) is 0 Å². The van der Waals surface area contributed by atoms with Crippen molar-refractivity contribution < 1.29 is 23.0 Å². The molecule has 0 bridgehead atoms. The molecule has 0 saturated carbocycles. The average molecular weight is 331 g/mol. The second-order valence-corrected chi connectivity index (χ2v) is 6.36. The number of aliphatic hydroxyl groups is 1. The summed E-state index contributed by atoms with van der Waals surface area (Å²) >= 11 is 0. The number of rotatable bonds is 7. The molecular formula is C17H24F3NO2. The lowest BCUT2D eigenvalue weighted by Crippen LogP contribution is -2.40. The van der Waals surface area contributed by atoms with Gasteiger partial charge in [0.15, 0.2) is 6.61 Å². The second kappa shape index (κ2) is 7.53. The molecule has 1 atom stereocenters. The quantitative estimate of drug-likeness (QED) is 0.826. The maximum Gasteiger partial charge on any atom is 0.422 e. The maximum absolute atomic E-state index is 12.4. The molecule has 1 saturated heterocycles. The van der Waals surface area contributed by atoms with Crippen molar-refractivity contribution in [2.45, 2.75) is 50.9 Å². The smallest absolute Gasteiger partial charge is 0.422 e. The molecule has 0 spiro atoms. The summed E-state index contributed by atoms with van der Waals surface area (Å²) in [6.45, 7) is 2.53. The van der Waals surface area contributed by atoms with Gasteiger partial charge in [-0.2, -0.15) is 13.2 Å². The van der Waals surface area contributed by atoms with E-state index >= 15 is 0 Å². The summed E-state index contributed by atoms with van der Waals surface area (Å²) in [5.41, 5.74) is 0.758. The molecule has 3 nitrogen and oxygen atoms in total. The highest BCUT2D eigenvalue weighted by Crippen LogP contribution is 2.35. The van der Waals surface area contributed by atoms with Gasteiger partial charge in [0, 0.05) is 24.3 Å². The molecule has 130 valence electrons. The molecule has 1 heterocycles. The number of likely N-dealkylation sites (tertiary alicyclic amines) is 1. The Kier molecular flexibility index (Phi) is 5.92. The van der Waals surface area contributed by atoms with Crippen LogP contribution in [0.4, 0.5) is 13.2 Å². The number of para-hydroxylation sites is 1. The minimum atomic E-state index is -4.34. The summed E-state index contributed by atoms with van der Waals surface area (Å²) in [6, 6.07) is 6.90. The SMILES string of the molecule is CC1(CCCO)CCCN1Cc1ccccc1OCC(F)(F)F. The molecule has 0 aromatic heterocycles. The minimum absolute atomic E-state index is 0.0140. The highest BCUT2D eigenvalue weighted by Gasteiger charge is 2.36. The van der Waals surface area contributed by atoms with Crippen molar-refractivity contribution in [1.82, 2.24) is 4.90 Å². The maximum atomic E-state index is 12.4. The van der Waals surface area contributed by atoms with E-state index in [0.29, 0.717) is 12.3 Å². The van der Waals surface area contributed by atoms with Crippen LogP contribution in [-0.4, -0.2) is 41.5 Å². The summed E-state index contributed by atoms with van der Waals surface area (Å²) in [5, 5.41) is 9.06. The Morgan fingerprint density at radius 2 is 2.04 bits per heavy atom. The molecule has 0 aliphatic carbocycles. The van der Waals surface area contributed by atoms with Gasteiger partial charge in [0.25, 0.3) is 0 Å². The Morgan fingerprint density at radius 1 is 1.30 bits per heavy atom. The van der Waals surface area contributed by atoms with Crippen LogP contribution in [0.3, 0.4) is 0 Å². The van der Waals surface area contributed by atoms with Gasteiger partial charge in [-0.05, 0) is 45.2 Å². The molecule has 2 rings (SSSR count). The minimum Gasteiger partial charge on any atom is -0.484 e. The van der Waals surface area contributed by atoms with Gasteiger partial charge in [0.05, 0.1) is 0 Å². The van der Waals surface area contributed by atoms with E-state index < -0.39 is 12.8 Å². The van der Waals surface area contributed by atoms with Gasteiger partial charge >= 0.3 is 6.18 Å². The summed E-state index contributed by atoms with van der Waals surface area (Å²) in [5.74, 6) is 0.293. The number of nitrogens with zero attached hydrogens (tertiary/aromatic N) is 1. The van der Waals surface area contributed by atoms with Gasteiger partial charge in [0.1, 0.15) is 5.75 Å². The van der Waals surface area contributed by atoms with Crippen molar-refractivity contribution in [1.29, 1.82) is 0 Å². The second-order valence-electron chi connectivity index (χ2n) is 6.36. The highest BCUT2D eigenvalue weighted by atomic mass is 19.4. The highest BCUT2D eigenvalue weighted by molar-refractivity contribution is 5.33. The van der Waals surface area contributed by atoms with Crippen LogP contribution in [0, 0.1) is 0 Å². The molecule has 1 aromatic carbocycles. The van der Waals surface area contributed by atoms with E-state index in [1.165, 1.54) is 0 Å². The molecule has 0 amide bonds. The van der Waals surface area contributed by atoms with Crippen molar-refractivity contribution in [3.63, 3.8) is 0 Å². The third kappa shape index (κ3) is 5.11. The summed E-state index contributed by atoms with van der Waals surface area (Å²) in [4.78, 5) is 2.29. The molecule has 0 radical (unpaired) electrons. The van der Waals surface area contributed by atoms with Crippen molar-refractivity contribution in [2.75, 3.05) is 19.8 Å². The van der Waals surface area contributed by atoms with Gasteiger partial charge in [-0.25, -0.2) is 0 Å². The van der Waals surface area contributed by atoms with E-state index in [9.17, 15) is 13.2 Å². The zero-order chi connectivity index (χ0) is 16.9. The molecule has 1 aliphatic heterocycles. The normalized spacial score (nSPS) is 22.5. The number of benzene rings is 1. The lowest BCUT2D eigenvalue weighted by Gasteiger charge is -2.35. The summed E-state index contributed by atoms with van der Waals surface area (Å²) < 4.78 is 42.1. The van der Waals surface area contributed by atoms with E-state index in [1.54, 1.807) is 12.1 Å². The molecule has 23 heavy (non-hydrogen) atoms. The Hall–Kier alpha value is -1.27. The van der Waals surface area contributed by atoms with E-state index in [1.807, 2.05) is 12.1 Å². The van der Waals surface area contributed by atoms with Gasteiger partial charge in [0.2, 0.25) is 0 Å². The molecular weight excluding hydrogens is 307 g/mol. The molecule has 1 unspecified atom stereocenters. The van der Waals surface area contributed by atoms with Gasteiger partial charge in [-0.3, -0.25) is 4.90 Å².